The molecule has 3 heteroatoms. The Morgan fingerprint density at radius 1 is 0.893 bits per heavy atom. The van der Waals surface area contributed by atoms with Crippen molar-refractivity contribution in [2.75, 3.05) is 0 Å². The van der Waals surface area contributed by atoms with Crippen molar-refractivity contribution in [3.63, 3.8) is 0 Å². The van der Waals surface area contributed by atoms with Gasteiger partial charge in [-0.15, -0.1) is 0 Å². The van der Waals surface area contributed by atoms with E-state index in [0.717, 1.165) is 44.5 Å². The highest BCUT2D eigenvalue weighted by atomic mass is 16.3. The smallest absolute Gasteiger partial charge is 0.159 e. The Balaban J connectivity index is 1.98. The number of aryl methyl sites for hydroxylation is 2. The molecule has 0 N–H and O–H groups in total. The molecule has 0 bridgehead atoms. The molecule has 0 fully saturated rings. The number of hydrogen-bond donors (Lipinski definition) is 0. The largest absolute Gasteiger partial charge is 0.456 e. The summed E-state index contributed by atoms with van der Waals surface area (Å²) in [5.41, 5.74) is 5.58. The predicted molar refractivity (Wildman–Crippen MR) is 113 cm³/mol. The summed E-state index contributed by atoms with van der Waals surface area (Å²) in [6, 6.07) is 23.6. The molecule has 0 aliphatic rings. The van der Waals surface area contributed by atoms with Crippen LogP contribution in [0.2, 0.25) is 0 Å². The first-order chi connectivity index (χ1) is 13.5. The highest BCUT2D eigenvalue weighted by Crippen LogP contribution is 2.25. The van der Waals surface area contributed by atoms with E-state index in [4.69, 9.17) is 9.41 Å². The number of rotatable bonds is 3. The summed E-state index contributed by atoms with van der Waals surface area (Å²) in [5, 5.41) is 1.86. The Labute approximate surface area is 164 Å². The number of ketones is 1. The second-order valence-corrected chi connectivity index (χ2v) is 7.03. The quantitative estimate of drug-likeness (QED) is 0.407. The lowest BCUT2D eigenvalue weighted by Crippen LogP contribution is -2.05. The van der Waals surface area contributed by atoms with Crippen LogP contribution in [-0.2, 0) is 0 Å². The molecule has 0 aliphatic heterocycles. The van der Waals surface area contributed by atoms with Crippen LogP contribution >= 0.6 is 0 Å². The molecule has 0 spiro atoms. The minimum atomic E-state index is 0.0493. The highest BCUT2D eigenvalue weighted by molar-refractivity contribution is 5.94. The van der Waals surface area contributed by atoms with Crippen LogP contribution in [0.1, 0.15) is 28.4 Å². The van der Waals surface area contributed by atoms with Gasteiger partial charge in [-0.05, 0) is 62.2 Å². The van der Waals surface area contributed by atoms with Crippen molar-refractivity contribution < 1.29 is 9.21 Å². The summed E-state index contributed by atoms with van der Waals surface area (Å²) in [6.07, 6.45) is 0. The van der Waals surface area contributed by atoms with Crippen molar-refractivity contribution in [1.82, 2.24) is 0 Å². The monoisotopic (exact) mass is 367 g/mol. The fourth-order valence-electron chi connectivity index (χ4n) is 3.42. The van der Waals surface area contributed by atoms with E-state index >= 15 is 0 Å². The second-order valence-electron chi connectivity index (χ2n) is 7.03. The molecule has 0 amide bonds. The van der Waals surface area contributed by atoms with Gasteiger partial charge in [0.2, 0.25) is 0 Å². The Hall–Kier alpha value is -3.46. The van der Waals surface area contributed by atoms with Crippen molar-refractivity contribution in [3.8, 4) is 11.3 Å². The fourth-order valence-corrected chi connectivity index (χ4v) is 3.42. The first-order valence-corrected chi connectivity index (χ1v) is 9.27. The van der Waals surface area contributed by atoms with Crippen LogP contribution in [-0.4, -0.2) is 5.78 Å². The summed E-state index contributed by atoms with van der Waals surface area (Å²) in [7, 11) is 0. The van der Waals surface area contributed by atoms with Crippen LogP contribution in [0.25, 0.3) is 22.3 Å². The van der Waals surface area contributed by atoms with Crippen LogP contribution in [0, 0.1) is 13.8 Å². The second kappa shape index (κ2) is 7.28. The number of carbonyl (C=O) groups is 1. The Morgan fingerprint density at radius 3 is 2.29 bits per heavy atom. The molecule has 0 atom stereocenters. The Kier molecular flexibility index (Phi) is 4.66. The van der Waals surface area contributed by atoms with Gasteiger partial charge in [-0.3, -0.25) is 4.79 Å². The van der Waals surface area contributed by atoms with Crippen molar-refractivity contribution in [3.05, 3.63) is 94.8 Å². The first kappa shape index (κ1) is 17.9. The molecule has 0 unspecified atom stereocenters. The molecule has 28 heavy (non-hydrogen) atoms. The van der Waals surface area contributed by atoms with Crippen molar-refractivity contribution in [1.29, 1.82) is 0 Å². The molecule has 0 aliphatic carbocycles. The van der Waals surface area contributed by atoms with E-state index in [2.05, 4.69) is 19.9 Å². The molecule has 1 aromatic heterocycles. The number of carbonyl (C=O) groups excluding carboxylic acids is 1. The topological polar surface area (TPSA) is 42.6 Å². The van der Waals surface area contributed by atoms with E-state index in [9.17, 15) is 4.79 Å². The van der Waals surface area contributed by atoms with E-state index < -0.39 is 0 Å². The lowest BCUT2D eigenvalue weighted by atomic mass is 10.0. The van der Waals surface area contributed by atoms with Gasteiger partial charge in [-0.1, -0.05) is 36.4 Å². The summed E-state index contributed by atoms with van der Waals surface area (Å²) < 4.78 is 6.23. The van der Waals surface area contributed by atoms with E-state index in [0.29, 0.717) is 5.56 Å². The molecule has 3 nitrogen and oxygen atoms in total. The van der Waals surface area contributed by atoms with Gasteiger partial charge in [0.15, 0.2) is 5.78 Å². The maximum Gasteiger partial charge on any atom is 0.159 e. The fraction of sp³-hybridized carbons (Fsp3) is 0.120. The van der Waals surface area contributed by atoms with Crippen LogP contribution in [0.4, 0.5) is 5.69 Å². The summed E-state index contributed by atoms with van der Waals surface area (Å²) in [6.45, 7) is 5.70. The van der Waals surface area contributed by atoms with E-state index in [1.165, 1.54) is 0 Å². The lowest BCUT2D eigenvalue weighted by molar-refractivity contribution is 0.101. The number of fused-ring (bicyclic) bond motifs is 1. The average Bonchev–Trinajstić information content (AvgIpc) is 2.68. The van der Waals surface area contributed by atoms with Crippen LogP contribution in [0.5, 0.6) is 0 Å². The lowest BCUT2D eigenvalue weighted by Gasteiger charge is -2.08. The summed E-state index contributed by atoms with van der Waals surface area (Å²) in [4.78, 5) is 16.4. The molecule has 4 rings (SSSR count). The van der Waals surface area contributed by atoms with Crippen LogP contribution < -0.4 is 5.36 Å². The van der Waals surface area contributed by atoms with E-state index in [1.54, 1.807) is 6.92 Å². The maximum absolute atomic E-state index is 11.5. The minimum Gasteiger partial charge on any atom is -0.456 e. The zero-order valence-corrected chi connectivity index (χ0v) is 16.2. The van der Waals surface area contributed by atoms with Crippen LogP contribution in [0.15, 0.2) is 82.2 Å². The molecular weight excluding hydrogens is 346 g/mol. The van der Waals surface area contributed by atoms with Crippen LogP contribution in [0.3, 0.4) is 0 Å². The SMILES string of the molecule is CC(=O)c1ccc(N=c2cc(-c3ccccc3)oc3cc(C)cc(C)c23)cc1. The van der Waals surface area contributed by atoms with Gasteiger partial charge in [0.1, 0.15) is 11.3 Å². The molecule has 4 aromatic rings. The standard InChI is InChI=1S/C25H21NO2/c1-16-13-17(2)25-22(26-21-11-9-19(10-12-21)18(3)27)15-23(28-24(25)14-16)20-7-5-4-6-8-20/h4-15H,1-3H3. The predicted octanol–water partition coefficient (Wildman–Crippen LogP) is 6.15. The first-order valence-electron chi connectivity index (χ1n) is 9.27. The Bertz CT molecular complexity index is 1230. The number of hydrogen-bond acceptors (Lipinski definition) is 3. The third kappa shape index (κ3) is 3.52. The van der Waals surface area contributed by atoms with Crippen molar-refractivity contribution in [2.24, 2.45) is 4.99 Å². The van der Waals surface area contributed by atoms with Gasteiger partial charge in [-0.25, -0.2) is 4.99 Å². The van der Waals surface area contributed by atoms with Crippen molar-refractivity contribution >= 4 is 22.4 Å². The number of benzene rings is 3. The molecule has 3 aromatic carbocycles. The molecule has 0 saturated carbocycles. The zero-order valence-electron chi connectivity index (χ0n) is 16.2. The maximum atomic E-state index is 11.5. The average molecular weight is 367 g/mol. The molecular formula is C25H21NO2. The molecule has 1 heterocycles. The summed E-state index contributed by atoms with van der Waals surface area (Å²) >= 11 is 0. The van der Waals surface area contributed by atoms with Gasteiger partial charge in [0.05, 0.1) is 11.0 Å². The third-order valence-corrected chi connectivity index (χ3v) is 4.77. The number of nitrogens with zero attached hydrogens (tertiary/aromatic N) is 1. The van der Waals surface area contributed by atoms with Gasteiger partial charge in [0, 0.05) is 22.6 Å². The van der Waals surface area contributed by atoms with Gasteiger partial charge in [-0.2, -0.15) is 0 Å². The number of Topliss-reactive ketones (excluding diaryl/α,β-unsaturated/α-hetero) is 1. The molecule has 138 valence electrons. The Morgan fingerprint density at radius 2 is 1.61 bits per heavy atom. The summed E-state index contributed by atoms with van der Waals surface area (Å²) in [5.74, 6) is 0.824. The van der Waals surface area contributed by atoms with Gasteiger partial charge in [0.25, 0.3) is 0 Å². The van der Waals surface area contributed by atoms with Gasteiger partial charge >= 0.3 is 0 Å². The molecule has 0 saturated heterocycles. The zero-order chi connectivity index (χ0) is 19.7. The van der Waals surface area contributed by atoms with E-state index in [1.807, 2.05) is 66.7 Å². The van der Waals surface area contributed by atoms with Gasteiger partial charge < -0.3 is 4.42 Å². The molecule has 0 radical (unpaired) electrons. The highest BCUT2D eigenvalue weighted by Gasteiger charge is 2.09. The normalized spacial score (nSPS) is 11.8. The third-order valence-electron chi connectivity index (χ3n) is 4.77. The van der Waals surface area contributed by atoms with E-state index in [-0.39, 0.29) is 5.78 Å². The van der Waals surface area contributed by atoms with Crippen molar-refractivity contribution in [2.45, 2.75) is 20.8 Å². The minimum absolute atomic E-state index is 0.0493.